The maximum absolute atomic E-state index is 13.5. The third-order valence-corrected chi connectivity index (χ3v) is 12.0. The van der Waals surface area contributed by atoms with E-state index in [0.29, 0.717) is 47.5 Å². The van der Waals surface area contributed by atoms with Gasteiger partial charge in [0.2, 0.25) is 11.8 Å². The molecule has 2 N–H and O–H groups in total. The van der Waals surface area contributed by atoms with Gasteiger partial charge in [0.15, 0.2) is 11.6 Å². The van der Waals surface area contributed by atoms with E-state index in [9.17, 15) is 24.4 Å². The van der Waals surface area contributed by atoms with Gasteiger partial charge in [-0.15, -0.1) is 0 Å². The average Bonchev–Trinajstić information content (AvgIpc) is 3.25. The number of rotatable bonds is 10. The van der Waals surface area contributed by atoms with Crippen molar-refractivity contribution >= 4 is 34.1 Å². The Bertz CT molecular complexity index is 2260. The number of hydrogen-bond donors (Lipinski definition) is 2. The summed E-state index contributed by atoms with van der Waals surface area (Å²) in [5.41, 5.74) is 2.70. The van der Waals surface area contributed by atoms with Crippen LogP contribution < -0.4 is 25.8 Å². The van der Waals surface area contributed by atoms with Gasteiger partial charge in [0.1, 0.15) is 6.04 Å². The SMILES string of the molecule is Cc1nn(C2CCC(=O)NC2=O)c(=O)c2ccc(N3CCN(C4CCN(CC(=O)C5CC(COc6ccnc(-c7cccc(C#N)c7)n6)CCN5)CC4)CC3)cc12. The molecule has 15 nitrogen and oxygen atoms in total. The van der Waals surface area contributed by atoms with E-state index in [4.69, 9.17) is 4.74 Å². The molecule has 0 spiro atoms. The third kappa shape index (κ3) is 8.58. The zero-order valence-electron chi connectivity index (χ0n) is 32.2. The number of ether oxygens (including phenoxy) is 1. The number of piperazine rings is 1. The first-order chi connectivity index (χ1) is 27.7. The van der Waals surface area contributed by atoms with Gasteiger partial charge in [-0.1, -0.05) is 12.1 Å². The lowest BCUT2D eigenvalue weighted by Crippen LogP contribution is -2.54. The summed E-state index contributed by atoms with van der Waals surface area (Å²) in [6.07, 6.45) is 5.82. The Morgan fingerprint density at radius 3 is 2.58 bits per heavy atom. The molecule has 8 rings (SSSR count). The van der Waals surface area contributed by atoms with E-state index in [2.05, 4.69) is 46.5 Å². The highest BCUT2D eigenvalue weighted by Gasteiger charge is 2.33. The van der Waals surface area contributed by atoms with Crippen molar-refractivity contribution in [1.82, 2.24) is 40.2 Å². The molecule has 15 heteroatoms. The molecule has 0 radical (unpaired) electrons. The van der Waals surface area contributed by atoms with Crippen molar-refractivity contribution in [1.29, 1.82) is 5.26 Å². The highest BCUT2D eigenvalue weighted by Crippen LogP contribution is 2.27. The van der Waals surface area contributed by atoms with E-state index in [1.165, 1.54) is 4.68 Å². The van der Waals surface area contributed by atoms with Crippen molar-refractivity contribution in [3.05, 3.63) is 76.3 Å². The van der Waals surface area contributed by atoms with Gasteiger partial charge in [0.05, 0.1) is 41.9 Å². The molecular weight excluding hydrogens is 725 g/mol. The number of fused-ring (bicyclic) bond motifs is 1. The van der Waals surface area contributed by atoms with Crippen molar-refractivity contribution in [2.75, 3.05) is 63.9 Å². The smallest absolute Gasteiger partial charge is 0.275 e. The van der Waals surface area contributed by atoms with Crippen molar-refractivity contribution in [2.45, 2.75) is 63.6 Å². The van der Waals surface area contributed by atoms with Crippen LogP contribution >= 0.6 is 0 Å². The van der Waals surface area contributed by atoms with E-state index in [1.54, 1.807) is 24.4 Å². The Morgan fingerprint density at radius 2 is 1.79 bits per heavy atom. The number of likely N-dealkylation sites (tertiary alicyclic amines) is 1. The second kappa shape index (κ2) is 16.9. The molecule has 4 aliphatic heterocycles. The number of amides is 2. The maximum Gasteiger partial charge on any atom is 0.275 e. The highest BCUT2D eigenvalue weighted by atomic mass is 16.5. The van der Waals surface area contributed by atoms with E-state index in [-0.39, 0.29) is 42.1 Å². The van der Waals surface area contributed by atoms with Gasteiger partial charge in [-0.25, -0.2) is 9.67 Å². The van der Waals surface area contributed by atoms with Crippen LogP contribution in [0.1, 0.15) is 55.8 Å². The first-order valence-corrected chi connectivity index (χ1v) is 20.0. The Balaban J connectivity index is 0.786. The zero-order valence-corrected chi connectivity index (χ0v) is 32.2. The van der Waals surface area contributed by atoms with Crippen LogP contribution in [0.4, 0.5) is 5.69 Å². The van der Waals surface area contributed by atoms with Crippen molar-refractivity contribution in [2.24, 2.45) is 5.92 Å². The molecule has 6 heterocycles. The van der Waals surface area contributed by atoms with E-state index in [1.807, 2.05) is 37.3 Å². The number of imide groups is 1. The number of carbonyl (C=O) groups excluding carboxylic acids is 3. The standard InChI is InChI=1S/C42H48N10O5/c1-27-34-23-32(5-6-33(34)42(56)52(48-27)36-7-8-38(54)46-41(36)55)51-19-17-50(18-20-51)31-11-15-49(16-12-31)25-37(53)35-22-29(9-13-44-35)26-57-39-10-14-45-40(47-39)30-4-2-3-28(21-30)24-43/h2-6,10,14,21,23,29,31,35-36,44H,7-9,11-13,15-20,22,25-26H2,1H3,(H,46,54,55). The van der Waals surface area contributed by atoms with Crippen LogP contribution in [0, 0.1) is 24.2 Å². The lowest BCUT2D eigenvalue weighted by Gasteiger charge is -2.43. The Labute approximate surface area is 331 Å². The Hall–Kier alpha value is -5.56. The fraction of sp³-hybridized carbons (Fsp3) is 0.476. The lowest BCUT2D eigenvalue weighted by molar-refractivity contribution is -0.136. The van der Waals surface area contributed by atoms with Crippen LogP contribution in [-0.2, 0) is 14.4 Å². The number of nitrogens with one attached hydrogen (secondary N) is 2. The largest absolute Gasteiger partial charge is 0.477 e. The molecule has 2 aromatic carbocycles. The molecule has 3 unspecified atom stereocenters. The topological polar surface area (TPSA) is 179 Å². The molecule has 0 saturated carbocycles. The van der Waals surface area contributed by atoms with Crippen molar-refractivity contribution in [3.63, 3.8) is 0 Å². The second-order valence-corrected chi connectivity index (χ2v) is 15.6. The predicted octanol–water partition coefficient (Wildman–Crippen LogP) is 2.61. The molecule has 0 bridgehead atoms. The first kappa shape index (κ1) is 38.3. The van der Waals surface area contributed by atoms with Crippen molar-refractivity contribution in [3.8, 4) is 23.3 Å². The second-order valence-electron chi connectivity index (χ2n) is 15.6. The molecule has 4 aliphatic rings. The minimum atomic E-state index is -0.791. The van der Waals surface area contributed by atoms with Gasteiger partial charge in [0, 0.05) is 80.6 Å². The highest BCUT2D eigenvalue weighted by molar-refractivity contribution is 5.99. The number of aromatic nitrogens is 4. The van der Waals surface area contributed by atoms with E-state index >= 15 is 0 Å². The van der Waals surface area contributed by atoms with Crippen LogP contribution in [0.5, 0.6) is 5.88 Å². The molecule has 4 aromatic rings. The number of nitriles is 1. The number of hydrogen-bond acceptors (Lipinski definition) is 13. The minimum Gasteiger partial charge on any atom is -0.477 e. The van der Waals surface area contributed by atoms with Crippen LogP contribution in [-0.4, -0.2) is 118 Å². The average molecular weight is 773 g/mol. The van der Waals surface area contributed by atoms with E-state index in [0.717, 1.165) is 88.1 Å². The van der Waals surface area contributed by atoms with Crippen LogP contribution in [0.3, 0.4) is 0 Å². The number of piperidine rings is 3. The van der Waals surface area contributed by atoms with Gasteiger partial charge in [-0.05, 0) is 81.8 Å². The summed E-state index contributed by atoms with van der Waals surface area (Å²) >= 11 is 0. The number of ketones is 1. The van der Waals surface area contributed by atoms with Crippen LogP contribution in [0.15, 0.2) is 59.5 Å². The molecule has 4 saturated heterocycles. The fourth-order valence-electron chi connectivity index (χ4n) is 8.73. The van der Waals surface area contributed by atoms with Gasteiger partial charge in [-0.3, -0.25) is 34.3 Å². The van der Waals surface area contributed by atoms with Gasteiger partial charge in [-0.2, -0.15) is 15.3 Å². The summed E-state index contributed by atoms with van der Waals surface area (Å²) in [6, 6.07) is 16.4. The zero-order chi connectivity index (χ0) is 39.5. The van der Waals surface area contributed by atoms with Crippen LogP contribution in [0.25, 0.3) is 22.2 Å². The maximum atomic E-state index is 13.5. The molecule has 57 heavy (non-hydrogen) atoms. The van der Waals surface area contributed by atoms with Gasteiger partial charge >= 0.3 is 0 Å². The molecule has 296 valence electrons. The quantitative estimate of drug-likeness (QED) is 0.225. The van der Waals surface area contributed by atoms with Crippen LogP contribution in [0.2, 0.25) is 0 Å². The Kier molecular flexibility index (Phi) is 11.4. The summed E-state index contributed by atoms with van der Waals surface area (Å²) in [7, 11) is 0. The normalized spacial score (nSPS) is 22.6. The lowest BCUT2D eigenvalue weighted by atomic mass is 9.90. The summed E-state index contributed by atoms with van der Waals surface area (Å²) in [5, 5.41) is 20.8. The number of benzene rings is 2. The van der Waals surface area contributed by atoms with Gasteiger partial charge < -0.3 is 15.0 Å². The predicted molar refractivity (Wildman–Crippen MR) is 213 cm³/mol. The monoisotopic (exact) mass is 772 g/mol. The molecule has 3 atom stereocenters. The molecule has 2 amide bonds. The van der Waals surface area contributed by atoms with E-state index < -0.39 is 11.9 Å². The summed E-state index contributed by atoms with van der Waals surface area (Å²) in [4.78, 5) is 67.1. The summed E-state index contributed by atoms with van der Waals surface area (Å²) in [6.45, 7) is 8.98. The first-order valence-electron chi connectivity index (χ1n) is 20.0. The Morgan fingerprint density at radius 1 is 0.965 bits per heavy atom. The number of Topliss-reactive ketones (excluding diaryl/α,β-unsaturated/α-hetero) is 1. The van der Waals surface area contributed by atoms with Gasteiger partial charge in [0.25, 0.3) is 11.5 Å². The third-order valence-electron chi connectivity index (χ3n) is 12.0. The molecule has 4 fully saturated rings. The number of aryl methyl sites for hydroxylation is 1. The molecule has 2 aromatic heterocycles. The summed E-state index contributed by atoms with van der Waals surface area (Å²) in [5.74, 6) is 0.654. The number of anilines is 1. The minimum absolute atomic E-state index is 0.181. The molecule has 0 aliphatic carbocycles. The molecular formula is C42H48N10O5. The fourth-order valence-corrected chi connectivity index (χ4v) is 8.73. The summed E-state index contributed by atoms with van der Waals surface area (Å²) < 4.78 is 7.32. The number of nitrogens with zero attached hydrogens (tertiary/aromatic N) is 8. The number of carbonyl (C=O) groups is 3. The van der Waals surface area contributed by atoms with Crippen molar-refractivity contribution < 1.29 is 19.1 Å².